The van der Waals surface area contributed by atoms with Crippen LogP contribution in [-0.4, -0.2) is 22.0 Å². The monoisotopic (exact) mass is 275 g/mol. The van der Waals surface area contributed by atoms with Crippen molar-refractivity contribution in [3.8, 4) is 6.07 Å². The highest BCUT2D eigenvalue weighted by molar-refractivity contribution is 5.70. The van der Waals surface area contributed by atoms with Crippen molar-refractivity contribution in [1.29, 1.82) is 5.26 Å². The summed E-state index contributed by atoms with van der Waals surface area (Å²) in [7, 11) is 0. The van der Waals surface area contributed by atoms with E-state index in [-0.39, 0.29) is 29.8 Å². The third-order valence-corrected chi connectivity index (χ3v) is 3.25. The summed E-state index contributed by atoms with van der Waals surface area (Å²) >= 11 is 0. The van der Waals surface area contributed by atoms with Crippen LogP contribution in [0, 0.1) is 27.4 Å². The van der Waals surface area contributed by atoms with E-state index in [1.54, 1.807) is 0 Å². The van der Waals surface area contributed by atoms with Gasteiger partial charge in [-0.3, -0.25) is 14.9 Å². The summed E-state index contributed by atoms with van der Waals surface area (Å²) in [6, 6.07) is 5.57. The summed E-state index contributed by atoms with van der Waals surface area (Å²) in [5, 5.41) is 31.6. The zero-order valence-electron chi connectivity index (χ0n) is 10.6. The third kappa shape index (κ3) is 3.23. The lowest BCUT2D eigenvalue weighted by atomic mass is 10.1. The maximum Gasteiger partial charge on any atom is 0.305 e. The van der Waals surface area contributed by atoms with Crippen molar-refractivity contribution >= 4 is 17.3 Å². The van der Waals surface area contributed by atoms with E-state index in [1.807, 2.05) is 6.07 Å². The number of benzene rings is 1. The molecule has 1 fully saturated rings. The molecule has 1 saturated carbocycles. The highest BCUT2D eigenvalue weighted by Gasteiger charge is 2.33. The Balaban J connectivity index is 2.27. The quantitative estimate of drug-likeness (QED) is 0.606. The molecule has 1 atom stereocenters. The molecule has 0 spiro atoms. The van der Waals surface area contributed by atoms with Gasteiger partial charge in [0.25, 0.3) is 5.69 Å². The minimum Gasteiger partial charge on any atom is -0.481 e. The van der Waals surface area contributed by atoms with Crippen molar-refractivity contribution < 1.29 is 14.8 Å². The van der Waals surface area contributed by atoms with Crippen LogP contribution in [-0.2, 0) is 4.79 Å². The molecule has 0 radical (unpaired) electrons. The molecule has 2 rings (SSSR count). The largest absolute Gasteiger partial charge is 0.481 e. The van der Waals surface area contributed by atoms with Crippen LogP contribution in [0.2, 0.25) is 0 Å². The van der Waals surface area contributed by atoms with E-state index in [4.69, 9.17) is 10.4 Å². The number of anilines is 1. The standard InChI is InChI=1S/C13H13N3O4/c14-7-8-1-4-12(16(19)20)11(5-8)15-10(6-13(17)18)9-2-3-9/h1,4-5,9-10,15H,2-3,6H2,(H,17,18). The molecule has 1 unspecified atom stereocenters. The van der Waals surface area contributed by atoms with Gasteiger partial charge in [-0.15, -0.1) is 0 Å². The van der Waals surface area contributed by atoms with Crippen molar-refractivity contribution in [3.63, 3.8) is 0 Å². The molecule has 1 aromatic rings. The Labute approximate surface area is 115 Å². The first-order chi connectivity index (χ1) is 9.51. The number of hydrogen-bond donors (Lipinski definition) is 2. The van der Waals surface area contributed by atoms with Crippen molar-refractivity contribution in [2.45, 2.75) is 25.3 Å². The van der Waals surface area contributed by atoms with Crippen LogP contribution >= 0.6 is 0 Å². The highest BCUT2D eigenvalue weighted by atomic mass is 16.6. The van der Waals surface area contributed by atoms with Gasteiger partial charge in [-0.05, 0) is 30.9 Å². The maximum atomic E-state index is 11.0. The van der Waals surface area contributed by atoms with Gasteiger partial charge in [-0.25, -0.2) is 0 Å². The molecule has 0 heterocycles. The summed E-state index contributed by atoms with van der Waals surface area (Å²) in [5.74, 6) is -0.732. The molecular formula is C13H13N3O4. The van der Waals surface area contributed by atoms with Crippen LogP contribution in [0.1, 0.15) is 24.8 Å². The van der Waals surface area contributed by atoms with Gasteiger partial charge in [0.2, 0.25) is 0 Å². The number of nitro benzene ring substituents is 1. The molecule has 1 aliphatic rings. The van der Waals surface area contributed by atoms with E-state index in [2.05, 4.69) is 5.32 Å². The Morgan fingerprint density at radius 2 is 2.30 bits per heavy atom. The van der Waals surface area contributed by atoms with Crippen LogP contribution < -0.4 is 5.32 Å². The molecule has 0 aliphatic heterocycles. The van der Waals surface area contributed by atoms with Gasteiger partial charge >= 0.3 is 5.97 Å². The summed E-state index contributed by atoms with van der Waals surface area (Å²) in [4.78, 5) is 21.3. The van der Waals surface area contributed by atoms with Crippen molar-refractivity contribution in [2.24, 2.45) is 5.92 Å². The number of carbonyl (C=O) groups is 1. The van der Waals surface area contributed by atoms with Crippen LogP contribution in [0.25, 0.3) is 0 Å². The summed E-state index contributed by atoms with van der Waals surface area (Å²) < 4.78 is 0. The maximum absolute atomic E-state index is 11.0. The van der Waals surface area contributed by atoms with Crippen LogP contribution in [0.3, 0.4) is 0 Å². The molecule has 20 heavy (non-hydrogen) atoms. The first-order valence-corrected chi connectivity index (χ1v) is 6.18. The van der Waals surface area contributed by atoms with Crippen LogP contribution in [0.5, 0.6) is 0 Å². The van der Waals surface area contributed by atoms with Crippen molar-refractivity contribution in [1.82, 2.24) is 0 Å². The predicted molar refractivity (Wildman–Crippen MR) is 70.2 cm³/mol. The molecule has 0 amide bonds. The van der Waals surface area contributed by atoms with Gasteiger partial charge in [0.05, 0.1) is 23.0 Å². The second-order valence-electron chi connectivity index (χ2n) is 4.79. The predicted octanol–water partition coefficient (Wildman–Crippen LogP) is 2.13. The minimum absolute atomic E-state index is 0.0986. The fraction of sp³-hybridized carbons (Fsp3) is 0.385. The molecule has 0 saturated heterocycles. The second kappa shape index (κ2) is 5.57. The van der Waals surface area contributed by atoms with Gasteiger partial charge in [-0.1, -0.05) is 0 Å². The average Bonchev–Trinajstić information content (AvgIpc) is 3.21. The Kier molecular flexibility index (Phi) is 3.84. The van der Waals surface area contributed by atoms with Crippen molar-refractivity contribution in [2.75, 3.05) is 5.32 Å². The smallest absolute Gasteiger partial charge is 0.305 e. The van der Waals surface area contributed by atoms with Crippen molar-refractivity contribution in [3.05, 3.63) is 33.9 Å². The summed E-state index contributed by atoms with van der Waals surface area (Å²) in [6.45, 7) is 0. The summed E-state index contributed by atoms with van der Waals surface area (Å²) in [5.41, 5.74) is 0.343. The van der Waals surface area contributed by atoms with Gasteiger partial charge in [0.1, 0.15) is 5.69 Å². The van der Waals surface area contributed by atoms with E-state index < -0.39 is 10.9 Å². The Bertz CT molecular complexity index is 590. The van der Waals surface area contributed by atoms with Gasteiger partial charge in [0.15, 0.2) is 0 Å². The molecule has 0 bridgehead atoms. The lowest BCUT2D eigenvalue weighted by molar-refractivity contribution is -0.384. The fourth-order valence-corrected chi connectivity index (χ4v) is 2.10. The average molecular weight is 275 g/mol. The zero-order valence-corrected chi connectivity index (χ0v) is 10.6. The van der Waals surface area contributed by atoms with Gasteiger partial charge < -0.3 is 10.4 Å². The first-order valence-electron chi connectivity index (χ1n) is 6.18. The number of nitrogens with one attached hydrogen (secondary N) is 1. The highest BCUT2D eigenvalue weighted by Crippen LogP contribution is 2.37. The molecule has 0 aromatic heterocycles. The lowest BCUT2D eigenvalue weighted by Gasteiger charge is -2.17. The molecule has 7 heteroatoms. The topological polar surface area (TPSA) is 116 Å². The lowest BCUT2D eigenvalue weighted by Crippen LogP contribution is -2.25. The normalized spacial score (nSPS) is 15.2. The molecule has 104 valence electrons. The van der Waals surface area contributed by atoms with Crippen LogP contribution in [0.4, 0.5) is 11.4 Å². The number of nitriles is 1. The Morgan fingerprint density at radius 1 is 1.60 bits per heavy atom. The SMILES string of the molecule is N#Cc1ccc([N+](=O)[O-])c(NC(CC(=O)O)C2CC2)c1. The van der Waals surface area contributed by atoms with Crippen LogP contribution in [0.15, 0.2) is 18.2 Å². The number of nitro groups is 1. The third-order valence-electron chi connectivity index (χ3n) is 3.25. The number of carboxylic acid groups (broad SMARTS) is 1. The zero-order chi connectivity index (χ0) is 14.7. The molecule has 2 N–H and O–H groups in total. The number of aliphatic carboxylic acids is 1. The van der Waals surface area contributed by atoms with E-state index in [0.717, 1.165) is 12.8 Å². The number of rotatable bonds is 6. The second-order valence-corrected chi connectivity index (χ2v) is 4.79. The molecular weight excluding hydrogens is 262 g/mol. The molecule has 1 aromatic carbocycles. The Hall–Kier alpha value is -2.62. The van der Waals surface area contributed by atoms with Gasteiger partial charge in [0, 0.05) is 12.1 Å². The number of nitrogens with zero attached hydrogens (tertiary/aromatic N) is 2. The Morgan fingerprint density at radius 3 is 2.80 bits per heavy atom. The molecule has 1 aliphatic carbocycles. The number of carboxylic acids is 1. The van der Waals surface area contributed by atoms with Gasteiger partial charge in [-0.2, -0.15) is 5.26 Å². The van der Waals surface area contributed by atoms with E-state index in [1.165, 1.54) is 18.2 Å². The first kappa shape index (κ1) is 13.8. The minimum atomic E-state index is -0.950. The fourth-order valence-electron chi connectivity index (χ4n) is 2.10. The van der Waals surface area contributed by atoms with E-state index in [9.17, 15) is 14.9 Å². The summed E-state index contributed by atoms with van der Waals surface area (Å²) in [6.07, 6.45) is 1.73. The van der Waals surface area contributed by atoms with E-state index >= 15 is 0 Å². The molecule has 7 nitrogen and oxygen atoms in total. The van der Waals surface area contributed by atoms with E-state index in [0.29, 0.717) is 5.56 Å². The number of hydrogen-bond acceptors (Lipinski definition) is 5.